The Balaban J connectivity index is 1.96. The van der Waals surface area contributed by atoms with Crippen molar-refractivity contribution in [2.45, 2.75) is 52.5 Å². The van der Waals surface area contributed by atoms with Gasteiger partial charge < -0.3 is 5.32 Å². The van der Waals surface area contributed by atoms with Crippen molar-refractivity contribution in [2.24, 2.45) is 5.41 Å². The van der Waals surface area contributed by atoms with E-state index in [0.29, 0.717) is 5.41 Å². The molecule has 1 unspecified atom stereocenters. The van der Waals surface area contributed by atoms with Gasteiger partial charge in [-0.3, -0.25) is 0 Å². The third-order valence-corrected chi connectivity index (χ3v) is 3.96. The van der Waals surface area contributed by atoms with E-state index in [1.807, 2.05) is 0 Å². The van der Waals surface area contributed by atoms with Gasteiger partial charge in [-0.05, 0) is 43.6 Å². The van der Waals surface area contributed by atoms with E-state index in [4.69, 9.17) is 0 Å². The van der Waals surface area contributed by atoms with E-state index in [-0.39, 0.29) is 0 Å². The zero-order chi connectivity index (χ0) is 12.3. The molecule has 1 aromatic rings. The highest BCUT2D eigenvalue weighted by atomic mass is 15.0. The van der Waals surface area contributed by atoms with Gasteiger partial charge in [-0.2, -0.15) is 0 Å². The molecule has 0 heterocycles. The quantitative estimate of drug-likeness (QED) is 0.787. The third-order valence-electron chi connectivity index (χ3n) is 3.96. The molecule has 1 aliphatic rings. The van der Waals surface area contributed by atoms with E-state index < -0.39 is 0 Å². The zero-order valence-electron chi connectivity index (χ0n) is 11.4. The summed E-state index contributed by atoms with van der Waals surface area (Å²) in [5.74, 6) is 0. The third kappa shape index (κ3) is 3.85. The largest absolute Gasteiger partial charge is 0.313 e. The minimum Gasteiger partial charge on any atom is -0.313 e. The molecule has 1 nitrogen and oxygen atoms in total. The van der Waals surface area contributed by atoms with E-state index in [0.717, 1.165) is 12.6 Å². The Bertz CT molecular complexity index is 368. The lowest BCUT2D eigenvalue weighted by atomic mass is 9.81. The normalized spacial score (nSPS) is 19.0. The molecule has 1 heteroatoms. The lowest BCUT2D eigenvalue weighted by Crippen LogP contribution is -2.34. The van der Waals surface area contributed by atoms with Crippen LogP contribution in [0.25, 0.3) is 0 Å². The Kier molecular flexibility index (Phi) is 3.88. The maximum Gasteiger partial charge on any atom is 0.00684 e. The van der Waals surface area contributed by atoms with Gasteiger partial charge in [-0.1, -0.05) is 43.7 Å². The van der Waals surface area contributed by atoms with Crippen LogP contribution in [0.2, 0.25) is 0 Å². The molecule has 1 aliphatic carbocycles. The minimum absolute atomic E-state index is 0.399. The summed E-state index contributed by atoms with van der Waals surface area (Å²) in [6.45, 7) is 8.05. The van der Waals surface area contributed by atoms with Crippen LogP contribution in [0.1, 0.15) is 44.2 Å². The predicted molar refractivity (Wildman–Crippen MR) is 74.3 cm³/mol. The van der Waals surface area contributed by atoms with E-state index in [1.165, 1.54) is 36.8 Å². The number of rotatable bonds is 6. The van der Waals surface area contributed by atoms with Crippen molar-refractivity contribution < 1.29 is 0 Å². The van der Waals surface area contributed by atoms with Crippen LogP contribution in [-0.4, -0.2) is 12.6 Å². The monoisotopic (exact) mass is 231 g/mol. The average molecular weight is 231 g/mol. The molecular formula is C16H25N. The fraction of sp³-hybridized carbons (Fsp3) is 0.625. The number of hydrogen-bond donors (Lipinski definition) is 1. The first-order valence-electron chi connectivity index (χ1n) is 6.90. The molecule has 17 heavy (non-hydrogen) atoms. The van der Waals surface area contributed by atoms with Crippen molar-refractivity contribution in [1.82, 2.24) is 5.32 Å². The Labute approximate surface area is 106 Å². The molecule has 0 aromatic heterocycles. The summed E-state index contributed by atoms with van der Waals surface area (Å²) < 4.78 is 0. The van der Waals surface area contributed by atoms with Crippen molar-refractivity contribution in [2.75, 3.05) is 6.54 Å². The van der Waals surface area contributed by atoms with Crippen LogP contribution < -0.4 is 5.32 Å². The van der Waals surface area contributed by atoms with E-state index in [9.17, 15) is 0 Å². The average Bonchev–Trinajstić information content (AvgIpc) is 3.10. The topological polar surface area (TPSA) is 12.0 Å². The van der Waals surface area contributed by atoms with Crippen LogP contribution in [0.15, 0.2) is 24.3 Å². The van der Waals surface area contributed by atoms with Gasteiger partial charge >= 0.3 is 0 Å². The highest BCUT2D eigenvalue weighted by Crippen LogP contribution is 2.28. The van der Waals surface area contributed by atoms with Crippen LogP contribution in [0.4, 0.5) is 0 Å². The molecule has 1 atom stereocenters. The molecule has 2 rings (SSSR count). The van der Waals surface area contributed by atoms with Crippen molar-refractivity contribution in [3.63, 3.8) is 0 Å². The Morgan fingerprint density at radius 1 is 1.35 bits per heavy atom. The minimum atomic E-state index is 0.399. The highest BCUT2D eigenvalue weighted by molar-refractivity contribution is 5.23. The van der Waals surface area contributed by atoms with Crippen molar-refractivity contribution in [3.8, 4) is 0 Å². The van der Waals surface area contributed by atoms with Gasteiger partial charge in [0.15, 0.2) is 0 Å². The summed E-state index contributed by atoms with van der Waals surface area (Å²) in [7, 11) is 0. The molecule has 94 valence electrons. The lowest BCUT2D eigenvalue weighted by molar-refractivity contribution is 0.289. The second-order valence-corrected chi connectivity index (χ2v) is 5.99. The van der Waals surface area contributed by atoms with Gasteiger partial charge in [0, 0.05) is 12.6 Å². The molecule has 0 amide bonds. The Morgan fingerprint density at radius 3 is 2.71 bits per heavy atom. The molecule has 1 saturated carbocycles. The van der Waals surface area contributed by atoms with Crippen LogP contribution in [0, 0.1) is 12.3 Å². The van der Waals surface area contributed by atoms with Gasteiger partial charge in [0.05, 0.1) is 0 Å². The van der Waals surface area contributed by atoms with Crippen LogP contribution in [0.5, 0.6) is 0 Å². The maximum atomic E-state index is 3.68. The SMILES string of the molecule is CCC(C)(CNC1CC1)Cc1cccc(C)c1. The van der Waals surface area contributed by atoms with E-state index >= 15 is 0 Å². The van der Waals surface area contributed by atoms with Gasteiger partial charge in [-0.15, -0.1) is 0 Å². The Hall–Kier alpha value is -0.820. The molecule has 0 bridgehead atoms. The number of nitrogens with one attached hydrogen (secondary N) is 1. The lowest BCUT2D eigenvalue weighted by Gasteiger charge is -2.29. The molecule has 0 aliphatic heterocycles. The van der Waals surface area contributed by atoms with Crippen molar-refractivity contribution >= 4 is 0 Å². The summed E-state index contributed by atoms with van der Waals surface area (Å²) in [6, 6.07) is 9.76. The molecule has 0 saturated heterocycles. The van der Waals surface area contributed by atoms with E-state index in [2.05, 4.69) is 50.4 Å². The molecule has 1 N–H and O–H groups in total. The second kappa shape index (κ2) is 5.22. The van der Waals surface area contributed by atoms with Crippen LogP contribution >= 0.6 is 0 Å². The second-order valence-electron chi connectivity index (χ2n) is 5.99. The van der Waals surface area contributed by atoms with Gasteiger partial charge in [0.2, 0.25) is 0 Å². The fourth-order valence-corrected chi connectivity index (χ4v) is 2.31. The first-order chi connectivity index (χ1) is 8.11. The molecule has 1 aromatic carbocycles. The highest BCUT2D eigenvalue weighted by Gasteiger charge is 2.27. The van der Waals surface area contributed by atoms with Crippen molar-refractivity contribution in [1.29, 1.82) is 0 Å². The van der Waals surface area contributed by atoms with Crippen molar-refractivity contribution in [3.05, 3.63) is 35.4 Å². The van der Waals surface area contributed by atoms with Gasteiger partial charge in [0.1, 0.15) is 0 Å². The summed E-state index contributed by atoms with van der Waals surface area (Å²) in [6.07, 6.45) is 5.18. The first-order valence-corrected chi connectivity index (χ1v) is 6.90. The maximum absolute atomic E-state index is 3.68. The van der Waals surface area contributed by atoms with Crippen LogP contribution in [-0.2, 0) is 6.42 Å². The smallest absolute Gasteiger partial charge is 0.00684 e. The summed E-state index contributed by atoms with van der Waals surface area (Å²) in [5.41, 5.74) is 3.25. The first kappa shape index (κ1) is 12.6. The van der Waals surface area contributed by atoms with E-state index in [1.54, 1.807) is 0 Å². The van der Waals surface area contributed by atoms with Crippen LogP contribution in [0.3, 0.4) is 0 Å². The number of hydrogen-bond acceptors (Lipinski definition) is 1. The summed E-state index contributed by atoms with van der Waals surface area (Å²) in [5, 5.41) is 3.68. The van der Waals surface area contributed by atoms with Gasteiger partial charge in [0.25, 0.3) is 0 Å². The number of aryl methyl sites for hydroxylation is 1. The molecular weight excluding hydrogens is 206 g/mol. The molecule has 0 radical (unpaired) electrons. The fourth-order valence-electron chi connectivity index (χ4n) is 2.31. The summed E-state index contributed by atoms with van der Waals surface area (Å²) in [4.78, 5) is 0. The Morgan fingerprint density at radius 2 is 2.12 bits per heavy atom. The predicted octanol–water partition coefficient (Wildman–Crippen LogP) is 3.71. The number of benzene rings is 1. The zero-order valence-corrected chi connectivity index (χ0v) is 11.4. The standard InChI is InChI=1S/C16H25N/c1-4-16(3,12-17-15-8-9-15)11-14-7-5-6-13(2)10-14/h5-7,10,15,17H,4,8-9,11-12H2,1-3H3. The molecule has 1 fully saturated rings. The summed E-state index contributed by atoms with van der Waals surface area (Å²) >= 11 is 0. The van der Waals surface area contributed by atoms with Gasteiger partial charge in [-0.25, -0.2) is 0 Å². The molecule has 0 spiro atoms.